The molecule has 28 heavy (non-hydrogen) atoms. The van der Waals surface area contributed by atoms with Crippen LogP contribution in [0.5, 0.6) is 5.75 Å². The smallest absolute Gasteiger partial charge is 0.231 e. The number of nitrogens with zero attached hydrogens (tertiary/aromatic N) is 3. The summed E-state index contributed by atoms with van der Waals surface area (Å²) in [6.07, 6.45) is 3.75. The van der Waals surface area contributed by atoms with E-state index in [0.29, 0.717) is 36.6 Å². The van der Waals surface area contributed by atoms with E-state index in [0.717, 1.165) is 22.3 Å². The number of hydrogen-bond acceptors (Lipinski definition) is 4. The second-order valence-electron chi connectivity index (χ2n) is 6.72. The molecule has 4 rings (SSSR count). The first-order chi connectivity index (χ1) is 13.7. The number of ether oxygens (including phenoxy) is 1. The van der Waals surface area contributed by atoms with Gasteiger partial charge in [0.2, 0.25) is 5.91 Å². The van der Waals surface area contributed by atoms with Crippen LogP contribution in [-0.4, -0.2) is 24.0 Å². The fraction of sp³-hybridized carbons (Fsp3) is 0.174. The van der Waals surface area contributed by atoms with Gasteiger partial charge in [-0.3, -0.25) is 9.78 Å². The highest BCUT2D eigenvalue weighted by molar-refractivity contribution is 5.98. The lowest BCUT2D eigenvalue weighted by molar-refractivity contribution is -0.118. The van der Waals surface area contributed by atoms with E-state index >= 15 is 0 Å². The van der Waals surface area contributed by atoms with Gasteiger partial charge >= 0.3 is 0 Å². The number of nitriles is 1. The van der Waals surface area contributed by atoms with Crippen LogP contribution in [0.3, 0.4) is 0 Å². The zero-order valence-corrected chi connectivity index (χ0v) is 15.6. The number of hydrogen-bond donors (Lipinski definition) is 0. The summed E-state index contributed by atoms with van der Waals surface area (Å²) in [4.78, 5) is 19.1. The zero-order chi connectivity index (χ0) is 19.5. The van der Waals surface area contributed by atoms with Crippen LogP contribution in [-0.2, 0) is 11.2 Å². The Kier molecular flexibility index (Phi) is 4.77. The third-order valence-corrected chi connectivity index (χ3v) is 4.96. The average Bonchev–Trinajstić information content (AvgIpc) is 2.74. The summed E-state index contributed by atoms with van der Waals surface area (Å²) >= 11 is 0. The van der Waals surface area contributed by atoms with Crippen molar-refractivity contribution in [1.29, 1.82) is 5.26 Å². The molecule has 1 aliphatic rings. The van der Waals surface area contributed by atoms with Crippen LogP contribution in [0.15, 0.2) is 60.9 Å². The molecule has 0 saturated heterocycles. The van der Waals surface area contributed by atoms with E-state index in [1.54, 1.807) is 29.4 Å². The number of aryl methyl sites for hydroxylation is 1. The highest BCUT2D eigenvalue weighted by atomic mass is 16.5. The number of rotatable bonds is 3. The van der Waals surface area contributed by atoms with Gasteiger partial charge in [-0.05, 0) is 35.7 Å². The molecule has 1 aromatic heterocycles. The normalized spacial score (nSPS) is 12.6. The van der Waals surface area contributed by atoms with E-state index in [-0.39, 0.29) is 5.91 Å². The largest absolute Gasteiger partial charge is 0.489 e. The third-order valence-electron chi connectivity index (χ3n) is 4.96. The molecule has 2 heterocycles. The number of fused-ring (bicyclic) bond motifs is 1. The van der Waals surface area contributed by atoms with Crippen molar-refractivity contribution in [2.24, 2.45) is 0 Å². The fourth-order valence-corrected chi connectivity index (χ4v) is 3.40. The predicted molar refractivity (Wildman–Crippen MR) is 107 cm³/mol. The Hall–Kier alpha value is -3.65. The van der Waals surface area contributed by atoms with Gasteiger partial charge in [-0.2, -0.15) is 5.26 Å². The molecule has 0 aliphatic carbocycles. The summed E-state index contributed by atoms with van der Waals surface area (Å²) in [6, 6.07) is 17.3. The van der Waals surface area contributed by atoms with Crippen molar-refractivity contribution in [1.82, 2.24) is 4.98 Å². The summed E-state index contributed by atoms with van der Waals surface area (Å²) in [5.74, 6) is 0.682. The molecular weight excluding hydrogens is 350 g/mol. The minimum atomic E-state index is 0.0256. The van der Waals surface area contributed by atoms with E-state index in [2.05, 4.69) is 11.1 Å². The number of amides is 1. The SMILES string of the molecule is Cc1ccccc1CC(=O)N1CCOc2c(-c3ccc(C#N)cc3)cncc21. The van der Waals surface area contributed by atoms with Crippen molar-refractivity contribution >= 4 is 11.6 Å². The van der Waals surface area contributed by atoms with Crippen molar-refractivity contribution in [3.63, 3.8) is 0 Å². The first-order valence-electron chi connectivity index (χ1n) is 9.13. The number of carbonyl (C=O) groups is 1. The molecule has 1 aliphatic heterocycles. The predicted octanol–water partition coefficient (Wildman–Crippen LogP) is 3.90. The summed E-state index contributed by atoms with van der Waals surface area (Å²) in [6.45, 7) is 2.94. The van der Waals surface area contributed by atoms with Gasteiger partial charge in [0, 0.05) is 11.8 Å². The van der Waals surface area contributed by atoms with E-state index in [4.69, 9.17) is 10.00 Å². The quantitative estimate of drug-likeness (QED) is 0.702. The van der Waals surface area contributed by atoms with Crippen LogP contribution in [0, 0.1) is 18.3 Å². The molecule has 0 spiro atoms. The lowest BCUT2D eigenvalue weighted by Gasteiger charge is -2.30. The number of anilines is 1. The van der Waals surface area contributed by atoms with E-state index < -0.39 is 0 Å². The molecule has 5 nitrogen and oxygen atoms in total. The Morgan fingerprint density at radius 1 is 1.18 bits per heavy atom. The molecule has 0 saturated carbocycles. The van der Waals surface area contributed by atoms with E-state index in [9.17, 15) is 4.79 Å². The molecule has 0 fully saturated rings. The van der Waals surface area contributed by atoms with Crippen LogP contribution in [0.4, 0.5) is 5.69 Å². The minimum Gasteiger partial charge on any atom is -0.489 e. The molecule has 1 amide bonds. The summed E-state index contributed by atoms with van der Waals surface area (Å²) in [5.41, 5.74) is 5.13. The summed E-state index contributed by atoms with van der Waals surface area (Å²) in [7, 11) is 0. The highest BCUT2D eigenvalue weighted by Crippen LogP contribution is 2.40. The van der Waals surface area contributed by atoms with Crippen molar-refractivity contribution in [3.05, 3.63) is 77.6 Å². The molecule has 2 aromatic carbocycles. The minimum absolute atomic E-state index is 0.0256. The lowest BCUT2D eigenvalue weighted by Crippen LogP contribution is -2.39. The van der Waals surface area contributed by atoms with Crippen LogP contribution in [0.1, 0.15) is 16.7 Å². The summed E-state index contributed by atoms with van der Waals surface area (Å²) in [5, 5.41) is 9.00. The molecule has 0 N–H and O–H groups in total. The third kappa shape index (κ3) is 3.33. The van der Waals surface area contributed by atoms with Gasteiger partial charge in [0.05, 0.1) is 30.8 Å². The van der Waals surface area contributed by atoms with Gasteiger partial charge in [-0.1, -0.05) is 36.4 Å². The number of aromatic nitrogens is 1. The van der Waals surface area contributed by atoms with Crippen molar-refractivity contribution in [2.75, 3.05) is 18.1 Å². The molecule has 0 radical (unpaired) electrons. The number of carbonyl (C=O) groups excluding carboxylic acids is 1. The van der Waals surface area contributed by atoms with Crippen molar-refractivity contribution in [2.45, 2.75) is 13.3 Å². The van der Waals surface area contributed by atoms with Gasteiger partial charge < -0.3 is 9.64 Å². The molecule has 3 aromatic rings. The highest BCUT2D eigenvalue weighted by Gasteiger charge is 2.26. The molecule has 0 bridgehead atoms. The van der Waals surface area contributed by atoms with Crippen LogP contribution in [0.2, 0.25) is 0 Å². The first-order valence-corrected chi connectivity index (χ1v) is 9.13. The van der Waals surface area contributed by atoms with Gasteiger partial charge in [-0.15, -0.1) is 0 Å². The Morgan fingerprint density at radius 2 is 1.96 bits per heavy atom. The van der Waals surface area contributed by atoms with Crippen molar-refractivity contribution in [3.8, 4) is 22.9 Å². The van der Waals surface area contributed by atoms with E-state index in [1.807, 2.05) is 43.3 Å². The van der Waals surface area contributed by atoms with Crippen LogP contribution >= 0.6 is 0 Å². The first kappa shape index (κ1) is 17.7. The fourth-order valence-electron chi connectivity index (χ4n) is 3.40. The van der Waals surface area contributed by atoms with Crippen LogP contribution in [0.25, 0.3) is 11.1 Å². The zero-order valence-electron chi connectivity index (χ0n) is 15.6. The lowest BCUT2D eigenvalue weighted by atomic mass is 10.0. The standard InChI is InChI=1S/C23H19N3O2/c1-16-4-2-3-5-19(16)12-22(27)26-10-11-28-23-20(14-25-15-21(23)26)18-8-6-17(13-24)7-9-18/h2-9,14-15H,10-12H2,1H3. The second-order valence-corrected chi connectivity index (χ2v) is 6.72. The van der Waals surface area contributed by atoms with Gasteiger partial charge in [0.15, 0.2) is 5.75 Å². The van der Waals surface area contributed by atoms with Gasteiger partial charge in [0.1, 0.15) is 12.3 Å². The average molecular weight is 369 g/mol. The Bertz CT molecular complexity index is 1070. The topological polar surface area (TPSA) is 66.2 Å². The van der Waals surface area contributed by atoms with Crippen molar-refractivity contribution < 1.29 is 9.53 Å². The molecular formula is C23H19N3O2. The van der Waals surface area contributed by atoms with Crippen LogP contribution < -0.4 is 9.64 Å². The van der Waals surface area contributed by atoms with Gasteiger partial charge in [0.25, 0.3) is 0 Å². The Labute approximate surface area is 163 Å². The van der Waals surface area contributed by atoms with Gasteiger partial charge in [-0.25, -0.2) is 0 Å². The number of benzene rings is 2. The molecule has 5 heteroatoms. The monoisotopic (exact) mass is 369 g/mol. The number of pyridine rings is 1. The summed E-state index contributed by atoms with van der Waals surface area (Å²) < 4.78 is 5.92. The molecule has 0 unspecified atom stereocenters. The molecule has 138 valence electrons. The second kappa shape index (κ2) is 7.53. The Balaban J connectivity index is 1.67. The maximum Gasteiger partial charge on any atom is 0.231 e. The Morgan fingerprint density at radius 3 is 2.71 bits per heavy atom. The maximum absolute atomic E-state index is 13.0. The molecule has 0 atom stereocenters. The maximum atomic E-state index is 13.0. The van der Waals surface area contributed by atoms with E-state index in [1.165, 1.54) is 0 Å².